The first-order chi connectivity index (χ1) is 10.9. The Kier molecular flexibility index (Phi) is 6.02. The highest BCUT2D eigenvalue weighted by Gasteiger charge is 2.21. The molecule has 0 N–H and O–H groups in total. The molecule has 1 aromatic rings. The minimum absolute atomic E-state index is 0.0819. The van der Waals surface area contributed by atoms with Gasteiger partial charge in [-0.05, 0) is 31.7 Å². The van der Waals surface area contributed by atoms with Crippen LogP contribution >= 0.6 is 11.6 Å². The number of hydrogen-bond acceptors (Lipinski definition) is 3. The number of rotatable bonds is 4. The summed E-state index contributed by atoms with van der Waals surface area (Å²) < 4.78 is 0. The van der Waals surface area contributed by atoms with Crippen LogP contribution in [-0.4, -0.2) is 61.4 Å². The molecule has 1 aromatic carbocycles. The van der Waals surface area contributed by atoms with Gasteiger partial charge < -0.3 is 14.7 Å². The maximum atomic E-state index is 12.4. The van der Waals surface area contributed by atoms with Crippen molar-refractivity contribution in [2.24, 2.45) is 0 Å². The quantitative estimate of drug-likeness (QED) is 0.845. The normalized spacial score (nSPS) is 15.6. The largest absolute Gasteiger partial charge is 0.340 e. The smallest absolute Gasteiger partial charge is 0.224 e. The molecule has 1 fully saturated rings. The molecule has 0 saturated carbocycles. The molecule has 2 rings (SSSR count). The Bertz CT molecular complexity index is 583. The summed E-state index contributed by atoms with van der Waals surface area (Å²) in [5, 5.41) is 0.585. The number of hydrogen-bond donors (Lipinski definition) is 0. The van der Waals surface area contributed by atoms with Crippen LogP contribution < -0.4 is 4.90 Å². The molecule has 5 nitrogen and oxygen atoms in total. The van der Waals surface area contributed by atoms with Gasteiger partial charge in [-0.2, -0.15) is 0 Å². The fraction of sp³-hybridized carbons (Fsp3) is 0.529. The van der Waals surface area contributed by atoms with E-state index in [9.17, 15) is 9.59 Å². The summed E-state index contributed by atoms with van der Waals surface area (Å²) in [6.45, 7) is 7.13. The number of aryl methyl sites for hydroxylation is 1. The van der Waals surface area contributed by atoms with Crippen molar-refractivity contribution in [3.8, 4) is 0 Å². The van der Waals surface area contributed by atoms with Gasteiger partial charge in [0.15, 0.2) is 0 Å². The van der Waals surface area contributed by atoms with Gasteiger partial charge in [0.1, 0.15) is 0 Å². The van der Waals surface area contributed by atoms with Gasteiger partial charge in [-0.15, -0.1) is 0 Å². The zero-order valence-corrected chi connectivity index (χ0v) is 14.8. The van der Waals surface area contributed by atoms with Gasteiger partial charge in [-0.1, -0.05) is 17.7 Å². The van der Waals surface area contributed by atoms with Crippen LogP contribution in [0.5, 0.6) is 0 Å². The molecule has 0 aliphatic carbocycles. The van der Waals surface area contributed by atoms with Crippen LogP contribution in [0, 0.1) is 6.92 Å². The Morgan fingerprint density at radius 1 is 1.22 bits per heavy atom. The lowest BCUT2D eigenvalue weighted by atomic mass is 10.1. The Balaban J connectivity index is 2.01. The zero-order chi connectivity index (χ0) is 17.0. The van der Waals surface area contributed by atoms with Gasteiger partial charge in [0.2, 0.25) is 11.8 Å². The first-order valence-corrected chi connectivity index (χ1v) is 8.27. The minimum Gasteiger partial charge on any atom is -0.340 e. The third-order valence-corrected chi connectivity index (χ3v) is 4.48. The topological polar surface area (TPSA) is 43.9 Å². The highest BCUT2D eigenvalue weighted by atomic mass is 35.5. The number of benzene rings is 1. The predicted molar refractivity (Wildman–Crippen MR) is 92.9 cm³/mol. The maximum absolute atomic E-state index is 12.4. The predicted octanol–water partition coefficient (Wildman–Crippen LogP) is 2.17. The molecule has 0 unspecified atom stereocenters. The summed E-state index contributed by atoms with van der Waals surface area (Å²) >= 11 is 6.05. The molecular weight excluding hydrogens is 314 g/mol. The van der Waals surface area contributed by atoms with E-state index in [4.69, 9.17) is 11.6 Å². The number of piperazine rings is 1. The van der Waals surface area contributed by atoms with E-state index >= 15 is 0 Å². The number of carbonyl (C=O) groups is 2. The van der Waals surface area contributed by atoms with Crippen molar-refractivity contribution in [2.45, 2.75) is 20.3 Å². The van der Waals surface area contributed by atoms with Crippen LogP contribution in [0.25, 0.3) is 0 Å². The second-order valence-electron chi connectivity index (χ2n) is 6.04. The van der Waals surface area contributed by atoms with Crippen LogP contribution in [0.2, 0.25) is 5.02 Å². The van der Waals surface area contributed by atoms with Gasteiger partial charge >= 0.3 is 0 Å². The zero-order valence-electron chi connectivity index (χ0n) is 14.0. The summed E-state index contributed by atoms with van der Waals surface area (Å²) in [7, 11) is 2.06. The van der Waals surface area contributed by atoms with Crippen LogP contribution in [0.3, 0.4) is 0 Å². The molecule has 0 aromatic heterocycles. The van der Waals surface area contributed by atoms with E-state index in [1.54, 1.807) is 17.0 Å². The van der Waals surface area contributed by atoms with E-state index in [-0.39, 0.29) is 11.8 Å². The van der Waals surface area contributed by atoms with E-state index in [2.05, 4.69) is 11.9 Å². The molecular formula is C17H24ClN3O2. The summed E-state index contributed by atoms with van der Waals surface area (Å²) in [5.41, 5.74) is 1.74. The molecule has 0 radical (unpaired) electrons. The highest BCUT2D eigenvalue weighted by molar-refractivity contribution is 6.31. The number of likely N-dealkylation sites (N-methyl/N-ethyl adjacent to an activating group) is 1. The summed E-state index contributed by atoms with van der Waals surface area (Å²) in [6.07, 6.45) is 0.329. The van der Waals surface area contributed by atoms with Crippen LogP contribution in [0.15, 0.2) is 18.2 Å². The molecule has 6 heteroatoms. The number of anilines is 1. The monoisotopic (exact) mass is 337 g/mol. The van der Waals surface area contributed by atoms with Crippen LogP contribution in [-0.2, 0) is 9.59 Å². The van der Waals surface area contributed by atoms with Gasteiger partial charge in [-0.3, -0.25) is 9.59 Å². The second kappa shape index (κ2) is 7.79. The van der Waals surface area contributed by atoms with Crippen molar-refractivity contribution in [3.05, 3.63) is 28.8 Å². The second-order valence-corrected chi connectivity index (χ2v) is 6.47. The summed E-state index contributed by atoms with van der Waals surface area (Å²) in [6, 6.07) is 5.46. The average Bonchev–Trinajstić information content (AvgIpc) is 2.51. The molecule has 1 aliphatic rings. The summed E-state index contributed by atoms with van der Waals surface area (Å²) in [4.78, 5) is 30.1. The van der Waals surface area contributed by atoms with Gasteiger partial charge in [0.05, 0.1) is 0 Å². The van der Waals surface area contributed by atoms with E-state index < -0.39 is 0 Å². The van der Waals surface area contributed by atoms with E-state index in [0.29, 0.717) is 18.0 Å². The van der Waals surface area contributed by atoms with Crippen LogP contribution in [0.1, 0.15) is 18.9 Å². The standard InChI is InChI=1S/C17H24ClN3O2/c1-13-4-5-15(18)12-16(13)21(14(2)22)7-6-17(23)20-10-8-19(3)9-11-20/h4-5,12H,6-11H2,1-3H3. The minimum atomic E-state index is -0.0819. The fourth-order valence-electron chi connectivity index (χ4n) is 2.74. The van der Waals surface area contributed by atoms with Crippen molar-refractivity contribution in [1.82, 2.24) is 9.80 Å². The molecule has 0 bridgehead atoms. The van der Waals surface area contributed by atoms with Crippen molar-refractivity contribution in [2.75, 3.05) is 44.7 Å². The Hall–Kier alpha value is -1.59. The number of amides is 2. The summed E-state index contributed by atoms with van der Waals surface area (Å²) in [5.74, 6) is 0.0191. The first kappa shape index (κ1) is 17.8. The molecule has 2 amide bonds. The Morgan fingerprint density at radius 2 is 1.87 bits per heavy atom. The van der Waals surface area contributed by atoms with Crippen molar-refractivity contribution in [1.29, 1.82) is 0 Å². The average molecular weight is 338 g/mol. The van der Waals surface area contributed by atoms with Gasteiger partial charge in [-0.25, -0.2) is 0 Å². The SMILES string of the molecule is CC(=O)N(CCC(=O)N1CCN(C)CC1)c1cc(Cl)ccc1C. The first-order valence-electron chi connectivity index (χ1n) is 7.89. The van der Waals surface area contributed by atoms with Crippen molar-refractivity contribution < 1.29 is 9.59 Å². The highest BCUT2D eigenvalue weighted by Crippen LogP contribution is 2.24. The van der Waals surface area contributed by atoms with E-state index in [1.807, 2.05) is 17.9 Å². The van der Waals surface area contributed by atoms with Crippen LogP contribution in [0.4, 0.5) is 5.69 Å². The van der Waals surface area contributed by atoms with E-state index in [0.717, 1.165) is 37.4 Å². The molecule has 1 saturated heterocycles. The molecule has 126 valence electrons. The van der Waals surface area contributed by atoms with Gasteiger partial charge in [0.25, 0.3) is 0 Å². The molecule has 0 atom stereocenters. The lowest BCUT2D eigenvalue weighted by Crippen LogP contribution is -2.48. The van der Waals surface area contributed by atoms with E-state index in [1.165, 1.54) is 6.92 Å². The fourth-order valence-corrected chi connectivity index (χ4v) is 2.91. The lowest BCUT2D eigenvalue weighted by molar-refractivity contribution is -0.132. The Labute approximate surface area is 142 Å². The van der Waals surface area contributed by atoms with Gasteiger partial charge in [0, 0.05) is 56.8 Å². The molecule has 0 spiro atoms. The number of carbonyl (C=O) groups excluding carboxylic acids is 2. The number of halogens is 1. The maximum Gasteiger partial charge on any atom is 0.224 e. The molecule has 1 aliphatic heterocycles. The molecule has 1 heterocycles. The van der Waals surface area contributed by atoms with Crippen molar-refractivity contribution in [3.63, 3.8) is 0 Å². The van der Waals surface area contributed by atoms with Crippen molar-refractivity contribution >= 4 is 29.1 Å². The Morgan fingerprint density at radius 3 is 2.48 bits per heavy atom. The lowest BCUT2D eigenvalue weighted by Gasteiger charge is -2.33. The third kappa shape index (κ3) is 4.69. The number of nitrogens with zero attached hydrogens (tertiary/aromatic N) is 3. The third-order valence-electron chi connectivity index (χ3n) is 4.25. The molecule has 23 heavy (non-hydrogen) atoms.